The molecule has 0 N–H and O–H groups in total. The minimum absolute atomic E-state index is 0.274. The molecule has 0 unspecified atom stereocenters. The molecule has 1 aliphatic rings. The van der Waals surface area contributed by atoms with E-state index in [0.717, 1.165) is 18.7 Å². The first-order valence-electron chi connectivity index (χ1n) is 7.94. The number of amides is 1. The van der Waals surface area contributed by atoms with E-state index in [0.29, 0.717) is 13.2 Å². The Bertz CT molecular complexity index is 497. The monoisotopic (exact) mass is 326 g/mol. The first-order chi connectivity index (χ1) is 11.0. The molecule has 0 aromatic heterocycles. The van der Waals surface area contributed by atoms with Crippen LogP contribution in [0.1, 0.15) is 19.4 Å². The molecule has 1 aliphatic heterocycles. The van der Waals surface area contributed by atoms with Crippen LogP contribution in [-0.2, 0) is 16.1 Å². The molecule has 0 saturated carbocycles. The first kappa shape index (κ1) is 17.8. The zero-order chi connectivity index (χ0) is 16.8. The van der Waals surface area contributed by atoms with Gasteiger partial charge in [-0.3, -0.25) is 9.69 Å². The molecule has 2 rings (SSSR count). The van der Waals surface area contributed by atoms with E-state index in [2.05, 4.69) is 4.90 Å². The third-order valence-electron chi connectivity index (χ3n) is 3.92. The summed E-state index contributed by atoms with van der Waals surface area (Å²) in [5.74, 6) is -0.349. The predicted octanol–water partition coefficient (Wildman–Crippen LogP) is 2.39. The van der Waals surface area contributed by atoms with Crippen LogP contribution in [0, 0.1) is 0 Å². The zero-order valence-corrected chi connectivity index (χ0v) is 13.6. The molecule has 0 bridgehead atoms. The van der Waals surface area contributed by atoms with Crippen molar-refractivity contribution in [2.45, 2.75) is 39.0 Å². The highest BCUT2D eigenvalue weighted by Crippen LogP contribution is 2.14. The van der Waals surface area contributed by atoms with Crippen molar-refractivity contribution < 1.29 is 18.3 Å². The number of nitrogens with zero attached hydrogens (tertiary/aromatic N) is 2. The second-order valence-electron chi connectivity index (χ2n) is 6.06. The lowest BCUT2D eigenvalue weighted by molar-refractivity contribution is -0.153. The summed E-state index contributed by atoms with van der Waals surface area (Å²) >= 11 is 0. The van der Waals surface area contributed by atoms with Crippen molar-refractivity contribution >= 4 is 5.91 Å². The van der Waals surface area contributed by atoms with E-state index >= 15 is 0 Å². The maximum absolute atomic E-state index is 12.7. The summed E-state index contributed by atoms with van der Waals surface area (Å²) in [6.07, 6.45) is -3.21. The fourth-order valence-electron chi connectivity index (χ4n) is 2.73. The lowest BCUT2D eigenvalue weighted by atomic mass is 10.1. The standard InChI is InChI=1S/C17H24F2N2O2/c1-13(2)21(12-16(18)19)17(22)15-11-20(8-9-23-15)10-14-6-4-3-5-7-14/h3-7,13,15-16H,8-12H2,1-2H3/t15-/m0/s1. The number of carbonyl (C=O) groups excluding carboxylic acids is 1. The maximum atomic E-state index is 12.7. The van der Waals surface area contributed by atoms with Crippen LogP contribution in [0.2, 0.25) is 0 Å². The normalized spacial score (nSPS) is 19.3. The number of hydrogen-bond acceptors (Lipinski definition) is 3. The van der Waals surface area contributed by atoms with Crippen molar-refractivity contribution in [2.24, 2.45) is 0 Å². The van der Waals surface area contributed by atoms with Crippen molar-refractivity contribution in [1.82, 2.24) is 9.80 Å². The van der Waals surface area contributed by atoms with Gasteiger partial charge in [-0.05, 0) is 19.4 Å². The van der Waals surface area contributed by atoms with E-state index in [1.807, 2.05) is 30.3 Å². The van der Waals surface area contributed by atoms with Crippen molar-refractivity contribution in [2.75, 3.05) is 26.2 Å². The van der Waals surface area contributed by atoms with Gasteiger partial charge in [0.25, 0.3) is 12.3 Å². The lowest BCUT2D eigenvalue weighted by Crippen LogP contribution is -2.53. The second kappa shape index (κ2) is 8.36. The molecule has 1 atom stereocenters. The van der Waals surface area contributed by atoms with Gasteiger partial charge in [-0.25, -0.2) is 8.78 Å². The average molecular weight is 326 g/mol. The highest BCUT2D eigenvalue weighted by atomic mass is 19.3. The highest BCUT2D eigenvalue weighted by Gasteiger charge is 2.32. The van der Waals surface area contributed by atoms with Gasteiger partial charge in [0.1, 0.15) is 6.10 Å². The van der Waals surface area contributed by atoms with Gasteiger partial charge >= 0.3 is 0 Å². The molecule has 4 nitrogen and oxygen atoms in total. The first-order valence-corrected chi connectivity index (χ1v) is 7.94. The van der Waals surface area contributed by atoms with Crippen LogP contribution >= 0.6 is 0 Å². The van der Waals surface area contributed by atoms with Gasteiger partial charge in [0.2, 0.25) is 0 Å². The van der Waals surface area contributed by atoms with Gasteiger partial charge in [-0.2, -0.15) is 0 Å². The number of rotatable bonds is 6. The molecule has 128 valence electrons. The van der Waals surface area contributed by atoms with E-state index < -0.39 is 19.1 Å². The number of ether oxygens (including phenoxy) is 1. The summed E-state index contributed by atoms with van der Waals surface area (Å²) in [4.78, 5) is 15.9. The average Bonchev–Trinajstić information content (AvgIpc) is 2.53. The van der Waals surface area contributed by atoms with Gasteiger partial charge in [0.05, 0.1) is 13.2 Å². The topological polar surface area (TPSA) is 32.8 Å². The number of morpholine rings is 1. The SMILES string of the molecule is CC(C)N(CC(F)F)C(=O)[C@@H]1CN(Cc2ccccc2)CCO1. The van der Waals surface area contributed by atoms with Crippen molar-refractivity contribution in [3.63, 3.8) is 0 Å². The Balaban J connectivity index is 1.97. The third kappa shape index (κ3) is 5.25. The van der Waals surface area contributed by atoms with Crippen molar-refractivity contribution in [3.05, 3.63) is 35.9 Å². The van der Waals surface area contributed by atoms with Crippen LogP contribution in [0.15, 0.2) is 30.3 Å². The Kier molecular flexibility index (Phi) is 6.47. The summed E-state index contributed by atoms with van der Waals surface area (Å²) in [7, 11) is 0. The van der Waals surface area contributed by atoms with E-state index in [1.165, 1.54) is 4.90 Å². The van der Waals surface area contributed by atoms with Crippen LogP contribution in [0.3, 0.4) is 0 Å². The quantitative estimate of drug-likeness (QED) is 0.805. The lowest BCUT2D eigenvalue weighted by Gasteiger charge is -2.36. The van der Waals surface area contributed by atoms with Crippen LogP contribution < -0.4 is 0 Å². The van der Waals surface area contributed by atoms with E-state index in [4.69, 9.17) is 4.74 Å². The molecule has 0 radical (unpaired) electrons. The number of benzene rings is 1. The minimum atomic E-state index is -2.54. The number of halogens is 2. The summed E-state index contributed by atoms with van der Waals surface area (Å²) in [5.41, 5.74) is 1.16. The van der Waals surface area contributed by atoms with E-state index in [1.54, 1.807) is 13.8 Å². The van der Waals surface area contributed by atoms with Gasteiger partial charge in [0.15, 0.2) is 0 Å². The Morgan fingerprint density at radius 1 is 1.35 bits per heavy atom. The fourth-order valence-corrected chi connectivity index (χ4v) is 2.73. The molecule has 1 fully saturated rings. The number of hydrogen-bond donors (Lipinski definition) is 0. The Labute approximate surface area is 136 Å². The van der Waals surface area contributed by atoms with Crippen molar-refractivity contribution in [3.8, 4) is 0 Å². The van der Waals surface area contributed by atoms with Crippen molar-refractivity contribution in [1.29, 1.82) is 0 Å². The van der Waals surface area contributed by atoms with Crippen LogP contribution in [0.4, 0.5) is 8.78 Å². The predicted molar refractivity (Wildman–Crippen MR) is 84.3 cm³/mol. The highest BCUT2D eigenvalue weighted by molar-refractivity contribution is 5.81. The van der Waals surface area contributed by atoms with Gasteiger partial charge in [-0.1, -0.05) is 30.3 Å². The zero-order valence-electron chi connectivity index (χ0n) is 13.6. The van der Waals surface area contributed by atoms with Gasteiger partial charge in [0, 0.05) is 25.7 Å². The van der Waals surface area contributed by atoms with E-state index in [9.17, 15) is 13.6 Å². The largest absolute Gasteiger partial charge is 0.366 e. The van der Waals surface area contributed by atoms with Crippen LogP contribution in [-0.4, -0.2) is 60.5 Å². The molecule has 1 amide bonds. The summed E-state index contributed by atoms with van der Waals surface area (Å²) in [6.45, 7) is 5.26. The van der Waals surface area contributed by atoms with Gasteiger partial charge in [-0.15, -0.1) is 0 Å². The number of carbonyl (C=O) groups is 1. The Hall–Kier alpha value is -1.53. The minimum Gasteiger partial charge on any atom is -0.366 e. The molecule has 6 heteroatoms. The fraction of sp³-hybridized carbons (Fsp3) is 0.588. The smallest absolute Gasteiger partial charge is 0.255 e. The van der Waals surface area contributed by atoms with Gasteiger partial charge < -0.3 is 9.64 Å². The molecular weight excluding hydrogens is 302 g/mol. The summed E-state index contributed by atoms with van der Waals surface area (Å²) in [6, 6.07) is 9.69. The molecule has 1 saturated heterocycles. The summed E-state index contributed by atoms with van der Waals surface area (Å²) < 4.78 is 30.9. The second-order valence-corrected chi connectivity index (χ2v) is 6.06. The molecular formula is C17H24F2N2O2. The van der Waals surface area contributed by atoms with E-state index in [-0.39, 0.29) is 11.9 Å². The van der Waals surface area contributed by atoms with Crippen LogP contribution in [0.25, 0.3) is 0 Å². The Morgan fingerprint density at radius 2 is 2.04 bits per heavy atom. The molecule has 1 aromatic rings. The third-order valence-corrected chi connectivity index (χ3v) is 3.92. The number of alkyl halides is 2. The molecule has 23 heavy (non-hydrogen) atoms. The van der Waals surface area contributed by atoms with Crippen LogP contribution in [0.5, 0.6) is 0 Å². The molecule has 0 spiro atoms. The maximum Gasteiger partial charge on any atom is 0.255 e. The summed E-state index contributed by atoms with van der Waals surface area (Å²) in [5, 5.41) is 0. The Morgan fingerprint density at radius 3 is 2.65 bits per heavy atom. The molecule has 0 aliphatic carbocycles. The molecule has 1 heterocycles. The molecule has 1 aromatic carbocycles.